The average molecular weight is 280 g/mol. The van der Waals surface area contributed by atoms with Crippen molar-refractivity contribution in [3.63, 3.8) is 0 Å². The Morgan fingerprint density at radius 2 is 1.70 bits per heavy atom. The molecule has 0 radical (unpaired) electrons. The Kier molecular flexibility index (Phi) is 4.24. The minimum Gasteiger partial charge on any atom is -0.464 e. The van der Waals surface area contributed by atoms with Crippen LogP contribution in [0.4, 0.5) is 0 Å². The maximum Gasteiger partial charge on any atom is 0.323 e. The van der Waals surface area contributed by atoms with E-state index in [0.29, 0.717) is 12.5 Å². The van der Waals surface area contributed by atoms with E-state index in [2.05, 4.69) is 4.90 Å². The fraction of sp³-hybridized carbons (Fsp3) is 0.867. The van der Waals surface area contributed by atoms with Crippen LogP contribution in [0.2, 0.25) is 0 Å². The zero-order chi connectivity index (χ0) is 13.9. The number of hydrogen-bond donors (Lipinski definition) is 0. The van der Waals surface area contributed by atoms with Crippen molar-refractivity contribution in [2.75, 3.05) is 32.8 Å². The molecule has 112 valence electrons. The number of ether oxygens (including phenoxy) is 1. The largest absolute Gasteiger partial charge is 0.464 e. The Morgan fingerprint density at radius 1 is 1.00 bits per heavy atom. The summed E-state index contributed by atoms with van der Waals surface area (Å²) in [6, 6.07) is -0.0546. The van der Waals surface area contributed by atoms with Gasteiger partial charge in [-0.15, -0.1) is 0 Å². The van der Waals surface area contributed by atoms with Gasteiger partial charge >= 0.3 is 5.97 Å². The van der Waals surface area contributed by atoms with Crippen LogP contribution >= 0.6 is 0 Å². The normalized spacial score (nSPS) is 29.5. The molecule has 0 aromatic carbocycles. The highest BCUT2D eigenvalue weighted by molar-refractivity contribution is 5.79. The highest BCUT2D eigenvalue weighted by Crippen LogP contribution is 2.25. The van der Waals surface area contributed by atoms with Gasteiger partial charge in [0.1, 0.15) is 6.04 Å². The quantitative estimate of drug-likeness (QED) is 0.709. The van der Waals surface area contributed by atoms with E-state index in [0.717, 1.165) is 58.3 Å². The molecule has 5 nitrogen and oxygen atoms in total. The summed E-state index contributed by atoms with van der Waals surface area (Å²) in [5.74, 6) is 0.436. The van der Waals surface area contributed by atoms with E-state index >= 15 is 0 Å². The molecule has 0 aromatic heterocycles. The van der Waals surface area contributed by atoms with Gasteiger partial charge in [0.2, 0.25) is 5.91 Å². The number of carbonyl (C=O) groups excluding carboxylic acids is 2. The van der Waals surface area contributed by atoms with Gasteiger partial charge < -0.3 is 9.64 Å². The van der Waals surface area contributed by atoms with E-state index in [1.165, 1.54) is 6.42 Å². The van der Waals surface area contributed by atoms with Crippen LogP contribution in [-0.2, 0) is 14.3 Å². The standard InChI is InChI=1S/C15H24N2O3/c18-14(17-7-2-1-3-8-17)12-4-9-16(10-5-12)13-6-11-20-15(13)19/h12-13H,1-11H2. The topological polar surface area (TPSA) is 49.9 Å². The third-order valence-electron chi connectivity index (χ3n) is 4.89. The van der Waals surface area contributed by atoms with Gasteiger partial charge in [-0.2, -0.15) is 0 Å². The van der Waals surface area contributed by atoms with Crippen molar-refractivity contribution in [1.82, 2.24) is 9.80 Å². The van der Waals surface area contributed by atoms with Crippen molar-refractivity contribution in [3.8, 4) is 0 Å². The lowest BCUT2D eigenvalue weighted by molar-refractivity contribution is -0.143. The molecule has 3 aliphatic heterocycles. The van der Waals surface area contributed by atoms with E-state index < -0.39 is 0 Å². The van der Waals surface area contributed by atoms with Crippen LogP contribution in [0, 0.1) is 5.92 Å². The second kappa shape index (κ2) is 6.12. The van der Waals surface area contributed by atoms with Gasteiger partial charge in [-0.25, -0.2) is 0 Å². The Labute approximate surface area is 120 Å². The summed E-state index contributed by atoms with van der Waals surface area (Å²) in [5, 5.41) is 0. The summed E-state index contributed by atoms with van der Waals surface area (Å²) >= 11 is 0. The Balaban J connectivity index is 1.50. The van der Waals surface area contributed by atoms with E-state index in [1.807, 2.05) is 4.90 Å². The minimum atomic E-state index is -0.0780. The first-order valence-electron chi connectivity index (χ1n) is 7.95. The second-order valence-corrected chi connectivity index (χ2v) is 6.17. The molecule has 3 saturated heterocycles. The van der Waals surface area contributed by atoms with E-state index in [4.69, 9.17) is 4.74 Å². The molecular formula is C15H24N2O3. The molecule has 0 N–H and O–H groups in total. The smallest absolute Gasteiger partial charge is 0.323 e. The number of rotatable bonds is 2. The van der Waals surface area contributed by atoms with Crippen molar-refractivity contribution in [2.45, 2.75) is 44.6 Å². The number of esters is 1. The zero-order valence-electron chi connectivity index (χ0n) is 12.1. The summed E-state index contributed by atoms with van der Waals surface area (Å²) in [6.07, 6.45) is 6.14. The number of piperidine rings is 2. The van der Waals surface area contributed by atoms with Crippen LogP contribution in [0.3, 0.4) is 0 Å². The molecule has 1 atom stereocenters. The van der Waals surface area contributed by atoms with E-state index in [1.54, 1.807) is 0 Å². The number of cyclic esters (lactones) is 1. The third-order valence-corrected chi connectivity index (χ3v) is 4.89. The number of carbonyl (C=O) groups is 2. The fourth-order valence-electron chi connectivity index (χ4n) is 3.65. The van der Waals surface area contributed by atoms with Gasteiger partial charge in [-0.3, -0.25) is 14.5 Å². The number of likely N-dealkylation sites (tertiary alicyclic amines) is 2. The first kappa shape index (κ1) is 13.9. The molecular weight excluding hydrogens is 256 g/mol. The molecule has 0 aromatic rings. The first-order chi connectivity index (χ1) is 9.75. The summed E-state index contributed by atoms with van der Waals surface area (Å²) < 4.78 is 5.03. The van der Waals surface area contributed by atoms with E-state index in [9.17, 15) is 9.59 Å². The van der Waals surface area contributed by atoms with Crippen molar-refractivity contribution >= 4 is 11.9 Å². The van der Waals surface area contributed by atoms with Crippen LogP contribution < -0.4 is 0 Å². The van der Waals surface area contributed by atoms with Gasteiger partial charge in [-0.1, -0.05) is 0 Å². The van der Waals surface area contributed by atoms with Gasteiger partial charge in [0.25, 0.3) is 0 Å². The lowest BCUT2D eigenvalue weighted by Gasteiger charge is -2.36. The predicted octanol–water partition coefficient (Wildman–Crippen LogP) is 1.03. The van der Waals surface area contributed by atoms with E-state index in [-0.39, 0.29) is 17.9 Å². The number of hydrogen-bond acceptors (Lipinski definition) is 4. The molecule has 0 aliphatic carbocycles. The Hall–Kier alpha value is -1.10. The number of nitrogens with zero attached hydrogens (tertiary/aromatic N) is 2. The van der Waals surface area contributed by atoms with Gasteiger partial charge in [0, 0.05) is 25.4 Å². The van der Waals surface area contributed by atoms with Crippen LogP contribution in [0.25, 0.3) is 0 Å². The molecule has 20 heavy (non-hydrogen) atoms. The third kappa shape index (κ3) is 2.82. The van der Waals surface area contributed by atoms with Crippen molar-refractivity contribution < 1.29 is 14.3 Å². The predicted molar refractivity (Wildman–Crippen MR) is 74.1 cm³/mol. The first-order valence-corrected chi connectivity index (χ1v) is 7.95. The molecule has 3 fully saturated rings. The zero-order valence-corrected chi connectivity index (χ0v) is 12.1. The highest BCUT2D eigenvalue weighted by atomic mass is 16.5. The molecule has 0 bridgehead atoms. The van der Waals surface area contributed by atoms with Crippen LogP contribution in [0.5, 0.6) is 0 Å². The second-order valence-electron chi connectivity index (χ2n) is 6.17. The molecule has 5 heteroatoms. The average Bonchev–Trinajstić information content (AvgIpc) is 2.94. The maximum absolute atomic E-state index is 12.5. The van der Waals surface area contributed by atoms with Gasteiger partial charge in [0.15, 0.2) is 0 Å². The lowest BCUT2D eigenvalue weighted by atomic mass is 9.93. The molecule has 3 aliphatic rings. The fourth-order valence-corrected chi connectivity index (χ4v) is 3.65. The molecule has 1 amide bonds. The van der Waals surface area contributed by atoms with Crippen molar-refractivity contribution in [3.05, 3.63) is 0 Å². The van der Waals surface area contributed by atoms with Gasteiger partial charge in [0.05, 0.1) is 6.61 Å². The molecule has 0 saturated carbocycles. The van der Waals surface area contributed by atoms with Crippen LogP contribution in [0.1, 0.15) is 38.5 Å². The van der Waals surface area contributed by atoms with Crippen molar-refractivity contribution in [1.29, 1.82) is 0 Å². The molecule has 3 rings (SSSR count). The number of amides is 1. The van der Waals surface area contributed by atoms with Crippen LogP contribution in [-0.4, -0.2) is 60.5 Å². The molecule has 1 unspecified atom stereocenters. The lowest BCUT2D eigenvalue weighted by Crippen LogP contribution is -2.48. The van der Waals surface area contributed by atoms with Crippen molar-refractivity contribution in [2.24, 2.45) is 5.92 Å². The Bertz CT molecular complexity index is 371. The minimum absolute atomic E-state index is 0.0546. The van der Waals surface area contributed by atoms with Crippen LogP contribution in [0.15, 0.2) is 0 Å². The Morgan fingerprint density at radius 3 is 2.30 bits per heavy atom. The monoisotopic (exact) mass is 280 g/mol. The SMILES string of the molecule is O=C1OCCC1N1CCC(C(=O)N2CCCCC2)CC1. The maximum atomic E-state index is 12.5. The molecule has 0 spiro atoms. The molecule has 3 heterocycles. The van der Waals surface area contributed by atoms with Gasteiger partial charge in [-0.05, 0) is 45.2 Å². The summed E-state index contributed by atoms with van der Waals surface area (Å²) in [7, 11) is 0. The summed E-state index contributed by atoms with van der Waals surface area (Å²) in [4.78, 5) is 28.3. The highest BCUT2D eigenvalue weighted by Gasteiger charge is 2.36. The summed E-state index contributed by atoms with van der Waals surface area (Å²) in [6.45, 7) is 4.13. The summed E-state index contributed by atoms with van der Waals surface area (Å²) in [5.41, 5.74) is 0.